The van der Waals surface area contributed by atoms with Crippen LogP contribution in [0.2, 0.25) is 10.0 Å². The Kier molecular flexibility index (Phi) is 6.78. The van der Waals surface area contributed by atoms with Gasteiger partial charge in [0.1, 0.15) is 0 Å². The molecule has 0 aliphatic heterocycles. The van der Waals surface area contributed by atoms with Crippen molar-refractivity contribution in [1.82, 2.24) is 10.7 Å². The van der Waals surface area contributed by atoms with Crippen molar-refractivity contribution in [3.63, 3.8) is 0 Å². The molecule has 0 bridgehead atoms. The Bertz CT molecular complexity index is 779. The van der Waals surface area contributed by atoms with Crippen LogP contribution in [0, 0.1) is 0 Å². The van der Waals surface area contributed by atoms with Crippen molar-refractivity contribution in [2.45, 2.75) is 6.54 Å². The fourth-order valence-electron chi connectivity index (χ4n) is 1.69. The van der Waals surface area contributed by atoms with Gasteiger partial charge in [-0.25, -0.2) is 5.43 Å². The third-order valence-electron chi connectivity index (χ3n) is 2.91. The van der Waals surface area contributed by atoms with Crippen LogP contribution in [0.4, 0.5) is 0 Å². The van der Waals surface area contributed by atoms with E-state index in [1.54, 1.807) is 18.2 Å². The molecule has 0 aromatic heterocycles. The fraction of sp³-hybridized carbons (Fsp3) is 0.0625. The normalized spacial score (nSPS) is 10.6. The van der Waals surface area contributed by atoms with Crippen LogP contribution in [0.5, 0.6) is 0 Å². The van der Waals surface area contributed by atoms with Gasteiger partial charge in [-0.2, -0.15) is 5.10 Å². The first-order chi connectivity index (χ1) is 11.5. The maximum atomic E-state index is 11.7. The number of hydrazone groups is 1. The standard InChI is InChI=1S/C16H12BrCl2N3O2/c17-12-4-1-10(2-5-12)8-21-22-16(24)15(23)20-9-11-3-6-13(18)7-14(11)19/h1-8H,9H2,(H,20,23)(H,22,24). The van der Waals surface area contributed by atoms with E-state index in [-0.39, 0.29) is 6.54 Å². The summed E-state index contributed by atoms with van der Waals surface area (Å²) in [6.45, 7) is 0.110. The lowest BCUT2D eigenvalue weighted by atomic mass is 10.2. The summed E-state index contributed by atoms with van der Waals surface area (Å²) in [4.78, 5) is 23.4. The van der Waals surface area contributed by atoms with Gasteiger partial charge in [-0.1, -0.05) is 57.3 Å². The second kappa shape index (κ2) is 8.82. The Balaban J connectivity index is 1.83. The maximum absolute atomic E-state index is 11.7. The van der Waals surface area contributed by atoms with Gasteiger partial charge in [0.25, 0.3) is 0 Å². The highest BCUT2D eigenvalue weighted by molar-refractivity contribution is 9.10. The van der Waals surface area contributed by atoms with Crippen LogP contribution in [0.25, 0.3) is 0 Å². The first-order valence-electron chi connectivity index (χ1n) is 6.76. The molecule has 0 spiro atoms. The van der Waals surface area contributed by atoms with Crippen LogP contribution >= 0.6 is 39.1 Å². The van der Waals surface area contributed by atoms with Crippen molar-refractivity contribution in [3.05, 3.63) is 68.1 Å². The minimum Gasteiger partial charge on any atom is -0.344 e. The molecule has 0 saturated carbocycles. The van der Waals surface area contributed by atoms with Crippen molar-refractivity contribution in [1.29, 1.82) is 0 Å². The van der Waals surface area contributed by atoms with Crippen LogP contribution in [-0.2, 0) is 16.1 Å². The SMILES string of the molecule is O=C(NCc1ccc(Cl)cc1Cl)C(=O)NN=Cc1ccc(Br)cc1. The van der Waals surface area contributed by atoms with Gasteiger partial charge < -0.3 is 5.32 Å². The number of nitrogens with zero attached hydrogens (tertiary/aromatic N) is 1. The minimum atomic E-state index is -0.867. The minimum absolute atomic E-state index is 0.110. The topological polar surface area (TPSA) is 70.6 Å². The lowest BCUT2D eigenvalue weighted by molar-refractivity contribution is -0.139. The first-order valence-corrected chi connectivity index (χ1v) is 8.31. The number of halogens is 3. The highest BCUT2D eigenvalue weighted by atomic mass is 79.9. The quantitative estimate of drug-likeness (QED) is 0.444. The Morgan fingerprint density at radius 1 is 1.08 bits per heavy atom. The molecule has 0 heterocycles. The average molecular weight is 429 g/mol. The summed E-state index contributed by atoms with van der Waals surface area (Å²) in [5, 5.41) is 7.10. The van der Waals surface area contributed by atoms with E-state index in [1.807, 2.05) is 24.3 Å². The second-order valence-corrected chi connectivity index (χ2v) is 6.43. The third kappa shape index (κ3) is 5.63. The monoisotopic (exact) mass is 427 g/mol. The lowest BCUT2D eigenvalue weighted by Crippen LogP contribution is -2.37. The molecule has 0 unspecified atom stereocenters. The van der Waals surface area contributed by atoms with E-state index in [1.165, 1.54) is 6.21 Å². The molecular weight excluding hydrogens is 417 g/mol. The summed E-state index contributed by atoms with van der Waals surface area (Å²) in [6.07, 6.45) is 1.44. The Morgan fingerprint density at radius 2 is 1.79 bits per heavy atom. The van der Waals surface area contributed by atoms with Gasteiger partial charge in [0.15, 0.2) is 0 Å². The molecule has 0 saturated heterocycles. The molecule has 124 valence electrons. The summed E-state index contributed by atoms with van der Waals surface area (Å²) in [6, 6.07) is 12.2. The zero-order valence-corrected chi connectivity index (χ0v) is 15.3. The van der Waals surface area contributed by atoms with Gasteiger partial charge in [0.05, 0.1) is 6.21 Å². The van der Waals surface area contributed by atoms with Gasteiger partial charge in [0, 0.05) is 21.1 Å². The predicted molar refractivity (Wildman–Crippen MR) is 98.2 cm³/mol. The van der Waals surface area contributed by atoms with Crippen LogP contribution < -0.4 is 10.7 Å². The molecule has 2 amide bonds. The number of nitrogens with one attached hydrogen (secondary N) is 2. The Hall–Kier alpha value is -1.89. The van der Waals surface area contributed by atoms with Crippen LogP contribution in [0.15, 0.2) is 52.0 Å². The van der Waals surface area contributed by atoms with Crippen molar-refractivity contribution in [3.8, 4) is 0 Å². The molecule has 24 heavy (non-hydrogen) atoms. The maximum Gasteiger partial charge on any atom is 0.329 e. The molecule has 5 nitrogen and oxygen atoms in total. The van der Waals surface area contributed by atoms with Gasteiger partial charge in [0.2, 0.25) is 0 Å². The van der Waals surface area contributed by atoms with Crippen LogP contribution in [0.3, 0.4) is 0 Å². The molecule has 0 fully saturated rings. The van der Waals surface area contributed by atoms with E-state index >= 15 is 0 Å². The highest BCUT2D eigenvalue weighted by Crippen LogP contribution is 2.20. The second-order valence-electron chi connectivity index (χ2n) is 4.67. The van der Waals surface area contributed by atoms with Crippen molar-refractivity contribution in [2.24, 2.45) is 5.10 Å². The van der Waals surface area contributed by atoms with E-state index in [0.717, 1.165) is 10.0 Å². The molecule has 2 aromatic rings. The molecule has 0 aliphatic carbocycles. The van der Waals surface area contributed by atoms with Crippen LogP contribution in [0.1, 0.15) is 11.1 Å². The van der Waals surface area contributed by atoms with E-state index in [9.17, 15) is 9.59 Å². The van der Waals surface area contributed by atoms with Gasteiger partial charge in [-0.15, -0.1) is 0 Å². The number of carbonyl (C=O) groups excluding carboxylic acids is 2. The summed E-state index contributed by atoms with van der Waals surface area (Å²) in [5.74, 6) is -1.68. The lowest BCUT2D eigenvalue weighted by Gasteiger charge is -2.06. The van der Waals surface area contributed by atoms with E-state index in [2.05, 4.69) is 31.8 Å². The molecule has 0 atom stereocenters. The fourth-order valence-corrected chi connectivity index (χ4v) is 2.43. The number of hydrogen-bond acceptors (Lipinski definition) is 3. The van der Waals surface area contributed by atoms with Crippen LogP contribution in [-0.4, -0.2) is 18.0 Å². The number of hydrogen-bond donors (Lipinski definition) is 2. The Labute approximate surface area is 157 Å². The summed E-state index contributed by atoms with van der Waals surface area (Å²) in [7, 11) is 0. The average Bonchev–Trinajstić information content (AvgIpc) is 2.55. The highest BCUT2D eigenvalue weighted by Gasteiger charge is 2.12. The Morgan fingerprint density at radius 3 is 2.46 bits per heavy atom. The van der Waals surface area contributed by atoms with E-state index in [0.29, 0.717) is 15.6 Å². The largest absolute Gasteiger partial charge is 0.344 e. The van der Waals surface area contributed by atoms with Gasteiger partial charge in [-0.3, -0.25) is 9.59 Å². The number of carbonyl (C=O) groups is 2. The third-order valence-corrected chi connectivity index (χ3v) is 4.03. The molecule has 2 rings (SSSR count). The van der Waals surface area contributed by atoms with Gasteiger partial charge >= 0.3 is 11.8 Å². The summed E-state index contributed by atoms with van der Waals surface area (Å²) >= 11 is 15.1. The van der Waals surface area contributed by atoms with Crippen molar-refractivity contribution >= 4 is 57.2 Å². The number of amides is 2. The zero-order valence-electron chi connectivity index (χ0n) is 12.2. The zero-order chi connectivity index (χ0) is 17.5. The summed E-state index contributed by atoms with van der Waals surface area (Å²) in [5.41, 5.74) is 3.60. The van der Waals surface area contributed by atoms with Crippen molar-refractivity contribution in [2.75, 3.05) is 0 Å². The summed E-state index contributed by atoms with van der Waals surface area (Å²) < 4.78 is 0.934. The molecule has 2 N–H and O–H groups in total. The predicted octanol–water partition coefficient (Wildman–Crippen LogP) is 3.52. The smallest absolute Gasteiger partial charge is 0.329 e. The van der Waals surface area contributed by atoms with E-state index < -0.39 is 11.8 Å². The molecular formula is C16H12BrCl2N3O2. The van der Waals surface area contributed by atoms with Gasteiger partial charge in [-0.05, 0) is 35.4 Å². The molecule has 2 aromatic carbocycles. The molecule has 8 heteroatoms. The first kappa shape index (κ1) is 18.4. The molecule has 0 radical (unpaired) electrons. The van der Waals surface area contributed by atoms with E-state index in [4.69, 9.17) is 23.2 Å². The molecule has 0 aliphatic rings. The number of rotatable bonds is 4. The number of benzene rings is 2. The van der Waals surface area contributed by atoms with Crippen molar-refractivity contribution < 1.29 is 9.59 Å².